The van der Waals surface area contributed by atoms with Gasteiger partial charge >= 0.3 is 0 Å². The molecule has 1 atom stereocenters. The lowest BCUT2D eigenvalue weighted by atomic mass is 10.1. The first-order chi connectivity index (χ1) is 11.1. The first-order valence-electron chi connectivity index (χ1n) is 8.68. The number of hydrogen-bond acceptors (Lipinski definition) is 3. The number of amides is 2. The summed E-state index contributed by atoms with van der Waals surface area (Å²) in [5, 5.41) is 5.96. The molecule has 0 aromatic carbocycles. The van der Waals surface area contributed by atoms with Crippen molar-refractivity contribution < 1.29 is 9.59 Å². The molecule has 0 aliphatic heterocycles. The Labute approximate surface area is 138 Å². The van der Waals surface area contributed by atoms with Gasteiger partial charge in [-0.2, -0.15) is 0 Å². The predicted octanol–water partition coefficient (Wildman–Crippen LogP) is 3.06. The first kappa shape index (κ1) is 17.4. The molecule has 2 N–H and O–H groups in total. The molecule has 5 heteroatoms. The molecule has 1 aromatic rings. The van der Waals surface area contributed by atoms with E-state index >= 15 is 0 Å². The molecule has 5 nitrogen and oxygen atoms in total. The summed E-state index contributed by atoms with van der Waals surface area (Å²) in [4.78, 5) is 28.6. The molecule has 1 aliphatic rings. The van der Waals surface area contributed by atoms with E-state index in [1.54, 1.807) is 12.1 Å². The third-order valence-electron chi connectivity index (χ3n) is 4.44. The van der Waals surface area contributed by atoms with Crippen LogP contribution in [0.2, 0.25) is 0 Å². The Bertz CT molecular complexity index is 537. The van der Waals surface area contributed by atoms with Crippen molar-refractivity contribution in [1.82, 2.24) is 15.6 Å². The molecule has 126 valence electrons. The molecule has 1 saturated carbocycles. The van der Waals surface area contributed by atoms with Crippen molar-refractivity contribution in [1.29, 1.82) is 0 Å². The highest BCUT2D eigenvalue weighted by molar-refractivity contribution is 5.98. The summed E-state index contributed by atoms with van der Waals surface area (Å²) in [6.07, 6.45) is 9.26. The molecule has 1 unspecified atom stereocenters. The average molecular weight is 317 g/mol. The van der Waals surface area contributed by atoms with Crippen LogP contribution >= 0.6 is 0 Å². The average Bonchev–Trinajstić information content (AvgIpc) is 2.83. The monoisotopic (exact) mass is 317 g/mol. The number of pyridine rings is 1. The second kappa shape index (κ2) is 8.65. The molecule has 0 saturated heterocycles. The molecule has 23 heavy (non-hydrogen) atoms. The molecule has 0 spiro atoms. The van der Waals surface area contributed by atoms with E-state index < -0.39 is 0 Å². The summed E-state index contributed by atoms with van der Waals surface area (Å²) in [6.45, 7) is 3.97. The fourth-order valence-electron chi connectivity index (χ4n) is 2.79. The number of carbonyl (C=O) groups excluding carboxylic acids is 2. The summed E-state index contributed by atoms with van der Waals surface area (Å²) in [5.74, 6) is -0.347. The van der Waals surface area contributed by atoms with E-state index in [0.717, 1.165) is 32.1 Å². The van der Waals surface area contributed by atoms with Crippen LogP contribution in [0.15, 0.2) is 18.3 Å². The number of aromatic nitrogens is 1. The molecule has 2 rings (SSSR count). The van der Waals surface area contributed by atoms with Gasteiger partial charge in [-0.15, -0.1) is 0 Å². The predicted molar refractivity (Wildman–Crippen MR) is 90.4 cm³/mol. The minimum atomic E-state index is -0.185. The lowest BCUT2D eigenvalue weighted by Crippen LogP contribution is -2.35. The van der Waals surface area contributed by atoms with E-state index in [4.69, 9.17) is 0 Å². The quantitative estimate of drug-likeness (QED) is 0.820. The van der Waals surface area contributed by atoms with Gasteiger partial charge in [0, 0.05) is 23.8 Å². The minimum Gasteiger partial charge on any atom is -0.350 e. The van der Waals surface area contributed by atoms with Gasteiger partial charge in [0.05, 0.1) is 0 Å². The van der Waals surface area contributed by atoms with Crippen molar-refractivity contribution in [3.8, 4) is 0 Å². The van der Waals surface area contributed by atoms with Gasteiger partial charge in [-0.25, -0.2) is 0 Å². The number of carbonyl (C=O) groups is 2. The Kier molecular flexibility index (Phi) is 6.56. The van der Waals surface area contributed by atoms with Crippen LogP contribution in [0.1, 0.15) is 79.6 Å². The fraction of sp³-hybridized carbons (Fsp3) is 0.611. The largest absolute Gasteiger partial charge is 0.350 e. The normalized spacial score (nSPS) is 17.1. The Balaban J connectivity index is 2.00. The lowest BCUT2D eigenvalue weighted by molar-refractivity contribution is 0.0928. The number of rotatable bonds is 5. The second-order valence-corrected chi connectivity index (χ2v) is 6.37. The molecule has 1 heterocycles. The van der Waals surface area contributed by atoms with Gasteiger partial charge in [-0.05, 0) is 38.3 Å². The summed E-state index contributed by atoms with van der Waals surface area (Å²) in [7, 11) is 0. The Morgan fingerprint density at radius 2 is 1.91 bits per heavy atom. The van der Waals surface area contributed by atoms with Crippen molar-refractivity contribution in [2.24, 2.45) is 0 Å². The highest BCUT2D eigenvalue weighted by atomic mass is 16.2. The van der Waals surface area contributed by atoms with Crippen molar-refractivity contribution in [3.05, 3.63) is 29.6 Å². The maximum Gasteiger partial charge on any atom is 0.270 e. The molecular weight excluding hydrogens is 290 g/mol. The molecule has 0 bridgehead atoms. The van der Waals surface area contributed by atoms with E-state index in [-0.39, 0.29) is 23.9 Å². The number of nitrogens with zero attached hydrogens (tertiary/aromatic N) is 1. The highest BCUT2D eigenvalue weighted by Crippen LogP contribution is 2.17. The van der Waals surface area contributed by atoms with E-state index in [1.165, 1.54) is 19.0 Å². The van der Waals surface area contributed by atoms with Gasteiger partial charge < -0.3 is 10.6 Å². The van der Waals surface area contributed by atoms with Crippen molar-refractivity contribution in [2.75, 3.05) is 0 Å². The van der Waals surface area contributed by atoms with Crippen LogP contribution in [0, 0.1) is 0 Å². The van der Waals surface area contributed by atoms with E-state index in [9.17, 15) is 9.59 Å². The Morgan fingerprint density at radius 1 is 1.22 bits per heavy atom. The van der Waals surface area contributed by atoms with E-state index in [1.807, 2.05) is 13.8 Å². The Morgan fingerprint density at radius 3 is 2.57 bits per heavy atom. The summed E-state index contributed by atoms with van der Waals surface area (Å²) in [6, 6.07) is 3.55. The SMILES string of the molecule is CCC(C)NC(=O)c1ccnc(C(=O)NC2CCCCCC2)c1. The van der Waals surface area contributed by atoms with Crippen molar-refractivity contribution in [2.45, 2.75) is 70.9 Å². The summed E-state index contributed by atoms with van der Waals surface area (Å²) >= 11 is 0. The number of nitrogens with one attached hydrogen (secondary N) is 2. The van der Waals surface area contributed by atoms with Crippen LogP contribution in [-0.2, 0) is 0 Å². The summed E-state index contributed by atoms with van der Waals surface area (Å²) < 4.78 is 0. The molecule has 1 fully saturated rings. The maximum atomic E-state index is 12.4. The standard InChI is InChI=1S/C18H27N3O2/c1-3-13(2)20-17(22)14-10-11-19-16(12-14)18(23)21-15-8-6-4-5-7-9-15/h10-13,15H,3-9H2,1-2H3,(H,20,22)(H,21,23). The zero-order valence-corrected chi connectivity index (χ0v) is 14.1. The Hall–Kier alpha value is -1.91. The third kappa shape index (κ3) is 5.34. The smallest absolute Gasteiger partial charge is 0.270 e. The fourth-order valence-corrected chi connectivity index (χ4v) is 2.79. The molecule has 1 aromatic heterocycles. The molecular formula is C18H27N3O2. The minimum absolute atomic E-state index is 0.110. The molecule has 0 radical (unpaired) electrons. The van der Waals surface area contributed by atoms with Gasteiger partial charge in [0.15, 0.2) is 0 Å². The van der Waals surface area contributed by atoms with Crippen LogP contribution in [0.4, 0.5) is 0 Å². The van der Waals surface area contributed by atoms with Crippen LogP contribution < -0.4 is 10.6 Å². The van der Waals surface area contributed by atoms with E-state index in [2.05, 4.69) is 15.6 Å². The molecule has 1 aliphatic carbocycles. The highest BCUT2D eigenvalue weighted by Gasteiger charge is 2.18. The van der Waals surface area contributed by atoms with Crippen molar-refractivity contribution >= 4 is 11.8 Å². The van der Waals surface area contributed by atoms with Gasteiger partial charge in [-0.1, -0.05) is 32.6 Å². The number of hydrogen-bond donors (Lipinski definition) is 2. The topological polar surface area (TPSA) is 71.1 Å². The van der Waals surface area contributed by atoms with Crippen LogP contribution in [0.25, 0.3) is 0 Å². The van der Waals surface area contributed by atoms with Crippen LogP contribution in [0.3, 0.4) is 0 Å². The van der Waals surface area contributed by atoms with Crippen molar-refractivity contribution in [3.63, 3.8) is 0 Å². The zero-order chi connectivity index (χ0) is 16.7. The van der Waals surface area contributed by atoms with Crippen LogP contribution in [-0.4, -0.2) is 28.9 Å². The lowest BCUT2D eigenvalue weighted by Gasteiger charge is -2.16. The van der Waals surface area contributed by atoms with Crippen LogP contribution in [0.5, 0.6) is 0 Å². The van der Waals surface area contributed by atoms with Gasteiger partial charge in [0.1, 0.15) is 5.69 Å². The zero-order valence-electron chi connectivity index (χ0n) is 14.1. The van der Waals surface area contributed by atoms with Gasteiger partial charge in [-0.3, -0.25) is 14.6 Å². The summed E-state index contributed by atoms with van der Waals surface area (Å²) in [5.41, 5.74) is 0.789. The van der Waals surface area contributed by atoms with Gasteiger partial charge in [0.2, 0.25) is 0 Å². The first-order valence-corrected chi connectivity index (χ1v) is 8.68. The molecule has 2 amide bonds. The second-order valence-electron chi connectivity index (χ2n) is 6.37. The third-order valence-corrected chi connectivity index (χ3v) is 4.44. The van der Waals surface area contributed by atoms with Gasteiger partial charge in [0.25, 0.3) is 11.8 Å². The maximum absolute atomic E-state index is 12.4. The van der Waals surface area contributed by atoms with E-state index in [0.29, 0.717) is 11.3 Å².